The van der Waals surface area contributed by atoms with Crippen LogP contribution in [0.3, 0.4) is 0 Å². The van der Waals surface area contributed by atoms with E-state index in [1.807, 2.05) is 31.2 Å². The second-order valence-corrected chi connectivity index (χ2v) is 4.23. The fourth-order valence-corrected chi connectivity index (χ4v) is 1.48. The summed E-state index contributed by atoms with van der Waals surface area (Å²) in [5, 5.41) is 2.83. The van der Waals surface area contributed by atoms with E-state index in [1.165, 1.54) is 0 Å². The van der Waals surface area contributed by atoms with Gasteiger partial charge in [0.2, 0.25) is 5.91 Å². The Morgan fingerprint density at radius 2 is 2.07 bits per heavy atom. The summed E-state index contributed by atoms with van der Waals surface area (Å²) in [6.07, 6.45) is 0. The second-order valence-electron chi connectivity index (χ2n) is 3.00. The molecule has 0 bridgehead atoms. The average molecular weight is 274 g/mol. The highest BCUT2D eigenvalue weighted by atomic mass is 79.9. The summed E-state index contributed by atoms with van der Waals surface area (Å²) in [7, 11) is 0. The number of thiol groups is 1. The maximum absolute atomic E-state index is 11.1. The average Bonchev–Trinajstić information content (AvgIpc) is 2.18. The molecule has 1 rings (SSSR count). The van der Waals surface area contributed by atoms with E-state index < -0.39 is 0 Å². The first-order chi connectivity index (χ1) is 6.63. The van der Waals surface area contributed by atoms with E-state index in [1.54, 1.807) is 0 Å². The van der Waals surface area contributed by atoms with Crippen molar-refractivity contribution in [2.24, 2.45) is 0 Å². The molecule has 76 valence electrons. The Hall–Kier alpha value is -0.480. The van der Waals surface area contributed by atoms with Crippen molar-refractivity contribution in [1.29, 1.82) is 0 Å². The maximum atomic E-state index is 11.1. The zero-order chi connectivity index (χ0) is 10.6. The molecule has 14 heavy (non-hydrogen) atoms. The monoisotopic (exact) mass is 273 g/mol. The van der Waals surface area contributed by atoms with E-state index in [2.05, 4.69) is 33.9 Å². The van der Waals surface area contributed by atoms with Crippen molar-refractivity contribution in [3.8, 4) is 0 Å². The number of amides is 1. The standard InChI is InChI=1S/C10H12BrNOS/c1-7(12-10(13)6-14)8-2-4-9(11)5-3-8/h2-5,7,14H,6H2,1H3,(H,12,13). The lowest BCUT2D eigenvalue weighted by Crippen LogP contribution is -2.27. The van der Waals surface area contributed by atoms with E-state index in [-0.39, 0.29) is 17.7 Å². The highest BCUT2D eigenvalue weighted by Crippen LogP contribution is 2.16. The molecule has 0 aromatic heterocycles. The predicted octanol–water partition coefficient (Wildman–Crippen LogP) is 2.56. The quantitative estimate of drug-likeness (QED) is 0.815. The van der Waals surface area contributed by atoms with Crippen molar-refractivity contribution in [2.75, 3.05) is 5.75 Å². The summed E-state index contributed by atoms with van der Waals surface area (Å²) in [5.74, 6) is 0.171. The first-order valence-corrected chi connectivity index (χ1v) is 5.71. The number of benzene rings is 1. The summed E-state index contributed by atoms with van der Waals surface area (Å²) in [6.45, 7) is 1.95. The van der Waals surface area contributed by atoms with Crippen LogP contribution < -0.4 is 5.32 Å². The van der Waals surface area contributed by atoms with Gasteiger partial charge in [-0.2, -0.15) is 12.6 Å². The van der Waals surface area contributed by atoms with Gasteiger partial charge in [-0.3, -0.25) is 4.79 Å². The minimum Gasteiger partial charge on any atom is -0.349 e. The lowest BCUT2D eigenvalue weighted by Gasteiger charge is -2.13. The summed E-state index contributed by atoms with van der Waals surface area (Å²) in [4.78, 5) is 11.1. The van der Waals surface area contributed by atoms with Gasteiger partial charge in [-0.15, -0.1) is 0 Å². The molecule has 1 N–H and O–H groups in total. The van der Waals surface area contributed by atoms with Gasteiger partial charge >= 0.3 is 0 Å². The summed E-state index contributed by atoms with van der Waals surface area (Å²) in [6, 6.07) is 7.90. The zero-order valence-electron chi connectivity index (χ0n) is 7.83. The van der Waals surface area contributed by atoms with Crippen LogP contribution in [0.25, 0.3) is 0 Å². The summed E-state index contributed by atoms with van der Waals surface area (Å²) in [5.41, 5.74) is 1.09. The van der Waals surface area contributed by atoms with Crippen LogP contribution in [0.5, 0.6) is 0 Å². The molecule has 0 aliphatic heterocycles. The molecule has 0 saturated heterocycles. The third-order valence-corrected chi connectivity index (χ3v) is 2.71. The van der Waals surface area contributed by atoms with Crippen LogP contribution in [0.15, 0.2) is 28.7 Å². The second kappa shape index (κ2) is 5.41. The molecule has 2 nitrogen and oxygen atoms in total. The molecular formula is C10H12BrNOS. The lowest BCUT2D eigenvalue weighted by atomic mass is 10.1. The van der Waals surface area contributed by atoms with E-state index >= 15 is 0 Å². The van der Waals surface area contributed by atoms with E-state index in [0.29, 0.717) is 0 Å². The van der Waals surface area contributed by atoms with Crippen LogP contribution in [-0.2, 0) is 4.79 Å². The smallest absolute Gasteiger partial charge is 0.230 e. The van der Waals surface area contributed by atoms with Crippen LogP contribution in [0.2, 0.25) is 0 Å². The molecule has 1 unspecified atom stereocenters. The molecule has 4 heteroatoms. The third kappa shape index (κ3) is 3.35. The van der Waals surface area contributed by atoms with Crippen molar-refractivity contribution >= 4 is 34.5 Å². The number of hydrogen-bond acceptors (Lipinski definition) is 2. The van der Waals surface area contributed by atoms with Gasteiger partial charge in [0.25, 0.3) is 0 Å². The molecule has 1 aromatic rings. The molecule has 0 saturated carbocycles. The highest BCUT2D eigenvalue weighted by molar-refractivity contribution is 9.10. The van der Waals surface area contributed by atoms with Crippen LogP contribution in [0.4, 0.5) is 0 Å². The molecule has 0 radical (unpaired) electrons. The van der Waals surface area contributed by atoms with Crippen molar-refractivity contribution in [2.45, 2.75) is 13.0 Å². The first-order valence-electron chi connectivity index (χ1n) is 4.29. The van der Waals surface area contributed by atoms with Gasteiger partial charge in [0, 0.05) is 4.47 Å². The van der Waals surface area contributed by atoms with Crippen LogP contribution in [0, 0.1) is 0 Å². The normalized spacial score (nSPS) is 12.2. The summed E-state index contributed by atoms with van der Waals surface area (Å²) >= 11 is 7.26. The summed E-state index contributed by atoms with van der Waals surface area (Å²) < 4.78 is 1.04. The Kier molecular flexibility index (Phi) is 4.48. The van der Waals surface area contributed by atoms with Crippen molar-refractivity contribution < 1.29 is 4.79 Å². The largest absolute Gasteiger partial charge is 0.349 e. The van der Waals surface area contributed by atoms with E-state index in [0.717, 1.165) is 10.0 Å². The molecule has 0 aliphatic rings. The number of hydrogen-bond donors (Lipinski definition) is 2. The first kappa shape index (κ1) is 11.6. The third-order valence-electron chi connectivity index (χ3n) is 1.89. The van der Waals surface area contributed by atoms with Gasteiger partial charge in [0.05, 0.1) is 11.8 Å². The number of carbonyl (C=O) groups is 1. The van der Waals surface area contributed by atoms with E-state index in [4.69, 9.17) is 0 Å². The topological polar surface area (TPSA) is 29.1 Å². The Morgan fingerprint density at radius 1 is 1.50 bits per heavy atom. The minimum atomic E-state index is -0.0521. The predicted molar refractivity (Wildman–Crippen MR) is 64.6 cm³/mol. The number of nitrogens with one attached hydrogen (secondary N) is 1. The van der Waals surface area contributed by atoms with Gasteiger partial charge in [-0.1, -0.05) is 28.1 Å². The number of carbonyl (C=O) groups excluding carboxylic acids is 1. The molecule has 1 aromatic carbocycles. The van der Waals surface area contributed by atoms with Gasteiger partial charge in [0.15, 0.2) is 0 Å². The fraction of sp³-hybridized carbons (Fsp3) is 0.300. The maximum Gasteiger partial charge on any atom is 0.230 e. The fourth-order valence-electron chi connectivity index (χ4n) is 1.12. The van der Waals surface area contributed by atoms with Gasteiger partial charge in [-0.25, -0.2) is 0 Å². The molecule has 1 atom stereocenters. The highest BCUT2D eigenvalue weighted by Gasteiger charge is 2.07. The Bertz CT molecular complexity index is 312. The zero-order valence-corrected chi connectivity index (χ0v) is 10.3. The number of halogens is 1. The van der Waals surface area contributed by atoms with Crippen LogP contribution in [-0.4, -0.2) is 11.7 Å². The molecule has 1 amide bonds. The molecule has 0 spiro atoms. The van der Waals surface area contributed by atoms with Crippen molar-refractivity contribution in [3.05, 3.63) is 34.3 Å². The lowest BCUT2D eigenvalue weighted by molar-refractivity contribution is -0.119. The molecule has 0 heterocycles. The Labute approximate surface area is 97.6 Å². The molecule has 0 aliphatic carbocycles. The van der Waals surface area contributed by atoms with E-state index in [9.17, 15) is 4.79 Å². The Morgan fingerprint density at radius 3 is 2.57 bits per heavy atom. The minimum absolute atomic E-state index is 0.0303. The van der Waals surface area contributed by atoms with Gasteiger partial charge in [-0.05, 0) is 24.6 Å². The van der Waals surface area contributed by atoms with Crippen molar-refractivity contribution in [3.63, 3.8) is 0 Å². The van der Waals surface area contributed by atoms with Crippen LogP contribution >= 0.6 is 28.6 Å². The van der Waals surface area contributed by atoms with Gasteiger partial charge < -0.3 is 5.32 Å². The SMILES string of the molecule is CC(NC(=O)CS)c1ccc(Br)cc1. The van der Waals surface area contributed by atoms with Crippen molar-refractivity contribution in [1.82, 2.24) is 5.32 Å². The molecular weight excluding hydrogens is 262 g/mol. The number of rotatable bonds is 3. The van der Waals surface area contributed by atoms with Crippen LogP contribution in [0.1, 0.15) is 18.5 Å². The molecule has 0 fully saturated rings. The Balaban J connectivity index is 2.65. The van der Waals surface area contributed by atoms with Gasteiger partial charge in [0.1, 0.15) is 0 Å².